The van der Waals surface area contributed by atoms with Gasteiger partial charge in [-0.25, -0.2) is 0 Å². The van der Waals surface area contributed by atoms with E-state index >= 15 is 0 Å². The second kappa shape index (κ2) is 2.88. The van der Waals surface area contributed by atoms with Crippen LogP contribution in [0.5, 0.6) is 0 Å². The first-order valence-corrected chi connectivity index (χ1v) is 6.10. The average Bonchev–Trinajstić information content (AvgIpc) is 2.34. The molecular weight excluding hydrogens is 184 g/mol. The normalized spacial score (nSPS) is 47.1. The van der Waals surface area contributed by atoms with Crippen molar-refractivity contribution in [3.8, 4) is 0 Å². The van der Waals surface area contributed by atoms with E-state index in [0.717, 1.165) is 18.4 Å². The second-order valence-electron chi connectivity index (χ2n) is 6.66. The number of hydrogen-bond donors (Lipinski definition) is 1. The Kier molecular flexibility index (Phi) is 2.15. The largest absolute Gasteiger partial charge is 0.389 e. The van der Waals surface area contributed by atoms with Crippen molar-refractivity contribution in [1.82, 2.24) is 0 Å². The molecule has 0 amide bonds. The molecule has 0 radical (unpaired) electrons. The summed E-state index contributed by atoms with van der Waals surface area (Å²) in [5.41, 5.74) is 0.994. The van der Waals surface area contributed by atoms with E-state index in [4.69, 9.17) is 0 Å². The van der Waals surface area contributed by atoms with Gasteiger partial charge in [-0.15, -0.1) is 6.58 Å². The van der Waals surface area contributed by atoms with Gasteiger partial charge in [-0.1, -0.05) is 26.3 Å². The van der Waals surface area contributed by atoms with E-state index in [0.29, 0.717) is 5.92 Å². The Morgan fingerprint density at radius 1 is 1.40 bits per heavy atom. The molecule has 1 heteroatoms. The molecule has 2 bridgehead atoms. The van der Waals surface area contributed by atoms with Crippen LogP contribution in [-0.2, 0) is 0 Å². The number of fused-ring (bicyclic) bond motifs is 2. The molecule has 0 heterocycles. The van der Waals surface area contributed by atoms with E-state index in [-0.39, 0.29) is 10.8 Å². The highest BCUT2D eigenvalue weighted by Gasteiger charge is 2.67. The molecular formula is C14H24O. The SMILES string of the molecule is C=C(C)C[C@@]1(O)C[C@H]2CC[C@]1(C)C2(C)C. The highest BCUT2D eigenvalue weighted by atomic mass is 16.3. The molecule has 2 saturated carbocycles. The summed E-state index contributed by atoms with van der Waals surface area (Å²) in [6, 6.07) is 0. The predicted octanol–water partition coefficient (Wildman–Crippen LogP) is 3.53. The van der Waals surface area contributed by atoms with Crippen molar-refractivity contribution in [1.29, 1.82) is 0 Å². The summed E-state index contributed by atoms with van der Waals surface area (Å²) in [5, 5.41) is 10.9. The zero-order valence-electron chi connectivity index (χ0n) is 10.6. The van der Waals surface area contributed by atoms with Crippen LogP contribution < -0.4 is 0 Å². The van der Waals surface area contributed by atoms with E-state index in [1.54, 1.807) is 0 Å². The third-order valence-corrected chi connectivity index (χ3v) is 5.64. The van der Waals surface area contributed by atoms with Crippen LogP contribution in [0.25, 0.3) is 0 Å². The molecule has 15 heavy (non-hydrogen) atoms. The van der Waals surface area contributed by atoms with Crippen molar-refractivity contribution < 1.29 is 5.11 Å². The summed E-state index contributed by atoms with van der Waals surface area (Å²) in [5.74, 6) is 0.701. The Morgan fingerprint density at radius 2 is 2.00 bits per heavy atom. The first-order chi connectivity index (χ1) is 6.73. The Balaban J connectivity index is 2.36. The number of aliphatic hydroxyl groups is 1. The molecule has 2 fully saturated rings. The molecule has 1 nitrogen and oxygen atoms in total. The van der Waals surface area contributed by atoms with Crippen LogP contribution in [0.2, 0.25) is 0 Å². The van der Waals surface area contributed by atoms with Crippen LogP contribution in [0.1, 0.15) is 53.4 Å². The summed E-state index contributed by atoms with van der Waals surface area (Å²) in [7, 11) is 0. The molecule has 0 spiro atoms. The molecule has 0 saturated heterocycles. The first kappa shape index (κ1) is 11.2. The Morgan fingerprint density at radius 3 is 2.33 bits per heavy atom. The van der Waals surface area contributed by atoms with Gasteiger partial charge in [-0.05, 0) is 43.9 Å². The lowest BCUT2D eigenvalue weighted by atomic mass is 9.63. The fourth-order valence-corrected chi connectivity index (χ4v) is 4.19. The predicted molar refractivity (Wildman–Crippen MR) is 63.6 cm³/mol. The molecule has 2 aliphatic carbocycles. The number of hydrogen-bond acceptors (Lipinski definition) is 1. The Bertz CT molecular complexity index is 304. The minimum absolute atomic E-state index is 0.0869. The maximum absolute atomic E-state index is 10.9. The zero-order chi connectivity index (χ0) is 11.5. The Labute approximate surface area is 93.6 Å². The molecule has 0 aromatic heterocycles. The third-order valence-electron chi connectivity index (χ3n) is 5.64. The summed E-state index contributed by atoms with van der Waals surface area (Å²) in [4.78, 5) is 0. The van der Waals surface area contributed by atoms with Gasteiger partial charge in [0.2, 0.25) is 0 Å². The lowest BCUT2D eigenvalue weighted by molar-refractivity contribution is -0.0883. The van der Waals surface area contributed by atoms with E-state index in [1.807, 2.05) is 6.92 Å². The highest BCUT2D eigenvalue weighted by Crippen LogP contribution is 2.70. The Hall–Kier alpha value is -0.300. The van der Waals surface area contributed by atoms with Gasteiger partial charge < -0.3 is 5.11 Å². The van der Waals surface area contributed by atoms with Gasteiger partial charge in [0.25, 0.3) is 0 Å². The van der Waals surface area contributed by atoms with Gasteiger partial charge in [-0.2, -0.15) is 0 Å². The van der Waals surface area contributed by atoms with Gasteiger partial charge in [0.15, 0.2) is 0 Å². The maximum Gasteiger partial charge on any atom is 0.0745 e. The average molecular weight is 208 g/mol. The van der Waals surface area contributed by atoms with Gasteiger partial charge in [-0.3, -0.25) is 0 Å². The monoisotopic (exact) mass is 208 g/mol. The minimum Gasteiger partial charge on any atom is -0.389 e. The maximum atomic E-state index is 10.9. The molecule has 0 aliphatic heterocycles. The van der Waals surface area contributed by atoms with Gasteiger partial charge >= 0.3 is 0 Å². The van der Waals surface area contributed by atoms with Crippen LogP contribution in [0.3, 0.4) is 0 Å². The van der Waals surface area contributed by atoms with Crippen molar-refractivity contribution >= 4 is 0 Å². The summed E-state index contributed by atoms with van der Waals surface area (Å²) < 4.78 is 0. The lowest BCUT2D eigenvalue weighted by Crippen LogP contribution is -2.47. The molecule has 2 aliphatic rings. The molecule has 0 aromatic carbocycles. The molecule has 2 rings (SSSR count). The van der Waals surface area contributed by atoms with Gasteiger partial charge in [0, 0.05) is 5.41 Å². The smallest absolute Gasteiger partial charge is 0.0745 e. The van der Waals surface area contributed by atoms with E-state index in [1.165, 1.54) is 12.8 Å². The molecule has 86 valence electrons. The highest BCUT2D eigenvalue weighted by molar-refractivity contribution is 5.20. The van der Waals surface area contributed by atoms with Gasteiger partial charge in [0.05, 0.1) is 5.60 Å². The van der Waals surface area contributed by atoms with Gasteiger partial charge in [0.1, 0.15) is 0 Å². The van der Waals surface area contributed by atoms with Crippen LogP contribution in [0.15, 0.2) is 12.2 Å². The second-order valence-corrected chi connectivity index (χ2v) is 6.66. The zero-order valence-corrected chi connectivity index (χ0v) is 10.6. The van der Waals surface area contributed by atoms with E-state index in [2.05, 4.69) is 27.4 Å². The van der Waals surface area contributed by atoms with Crippen LogP contribution in [0.4, 0.5) is 0 Å². The van der Waals surface area contributed by atoms with Crippen molar-refractivity contribution in [2.45, 2.75) is 59.0 Å². The van der Waals surface area contributed by atoms with Crippen LogP contribution in [0, 0.1) is 16.7 Å². The fourth-order valence-electron chi connectivity index (χ4n) is 4.19. The van der Waals surface area contributed by atoms with Crippen molar-refractivity contribution in [2.24, 2.45) is 16.7 Å². The van der Waals surface area contributed by atoms with Crippen molar-refractivity contribution in [3.63, 3.8) is 0 Å². The molecule has 0 aromatic rings. The van der Waals surface area contributed by atoms with Crippen molar-refractivity contribution in [3.05, 3.63) is 12.2 Å². The van der Waals surface area contributed by atoms with E-state index in [9.17, 15) is 5.11 Å². The lowest BCUT2D eigenvalue weighted by Gasteiger charge is -2.45. The minimum atomic E-state index is -0.495. The number of rotatable bonds is 2. The van der Waals surface area contributed by atoms with Crippen LogP contribution >= 0.6 is 0 Å². The van der Waals surface area contributed by atoms with E-state index < -0.39 is 5.60 Å². The first-order valence-electron chi connectivity index (χ1n) is 6.10. The molecule has 1 N–H and O–H groups in total. The third kappa shape index (κ3) is 1.19. The van der Waals surface area contributed by atoms with Crippen molar-refractivity contribution in [2.75, 3.05) is 0 Å². The summed E-state index contributed by atoms with van der Waals surface area (Å²) in [6.45, 7) is 12.9. The topological polar surface area (TPSA) is 20.2 Å². The fraction of sp³-hybridized carbons (Fsp3) is 0.857. The summed E-state index contributed by atoms with van der Waals surface area (Å²) >= 11 is 0. The quantitative estimate of drug-likeness (QED) is 0.688. The molecule has 3 atom stereocenters. The van der Waals surface area contributed by atoms with Crippen LogP contribution in [-0.4, -0.2) is 10.7 Å². The molecule has 0 unspecified atom stereocenters. The summed E-state index contributed by atoms with van der Waals surface area (Å²) in [6.07, 6.45) is 4.23. The standard InChI is InChI=1S/C14H24O/c1-10(2)8-14(15)9-11-6-7-13(14,5)12(11,3)4/h11,15H,1,6-9H2,2-5H3/t11-,13-,14-/m1/s1.